The van der Waals surface area contributed by atoms with E-state index in [0.29, 0.717) is 11.3 Å². The Hall–Kier alpha value is -1.63. The first-order chi connectivity index (χ1) is 8.63. The Bertz CT molecular complexity index is 532. The van der Waals surface area contributed by atoms with Crippen LogP contribution in [-0.2, 0) is 4.79 Å². The van der Waals surface area contributed by atoms with E-state index in [-0.39, 0.29) is 4.47 Å². The molecule has 0 unspecified atom stereocenters. The molecule has 19 heavy (non-hydrogen) atoms. The Balaban J connectivity index is 2.84. The number of amides is 2. The molecule has 0 saturated carbocycles. The van der Waals surface area contributed by atoms with Crippen LogP contribution in [-0.4, -0.2) is 22.6 Å². The van der Waals surface area contributed by atoms with Gasteiger partial charge in [-0.2, -0.15) is 0 Å². The van der Waals surface area contributed by atoms with Crippen LogP contribution in [0.3, 0.4) is 0 Å². The molecule has 0 aromatic heterocycles. The van der Waals surface area contributed by atoms with Crippen molar-refractivity contribution in [2.45, 2.75) is 26.3 Å². The Labute approximate surface area is 118 Å². The summed E-state index contributed by atoms with van der Waals surface area (Å²) in [4.78, 5) is 22.6. The van der Waals surface area contributed by atoms with Crippen molar-refractivity contribution >= 4 is 33.6 Å². The first kappa shape index (κ1) is 15.4. The van der Waals surface area contributed by atoms with Gasteiger partial charge in [-0.1, -0.05) is 0 Å². The summed E-state index contributed by atoms with van der Waals surface area (Å²) in [7, 11) is 0. The molecule has 1 aromatic rings. The standard InChI is InChI=1S/C12H14BrFN2O3/c1-6-4-8(14)7(13)5-9(6)15-11(19)16-12(2,3)10(17)18/h4-5H,1-3H3,(H,17,18)(H2,15,16,19). The molecule has 1 aromatic carbocycles. The lowest BCUT2D eigenvalue weighted by Gasteiger charge is -2.21. The molecule has 0 atom stereocenters. The van der Waals surface area contributed by atoms with Crippen LogP contribution in [0.25, 0.3) is 0 Å². The molecule has 0 heterocycles. The van der Waals surface area contributed by atoms with Gasteiger partial charge in [0.05, 0.1) is 4.47 Å². The number of carbonyl (C=O) groups excluding carboxylic acids is 1. The number of benzene rings is 1. The van der Waals surface area contributed by atoms with Gasteiger partial charge < -0.3 is 15.7 Å². The van der Waals surface area contributed by atoms with Crippen molar-refractivity contribution in [2.75, 3.05) is 5.32 Å². The van der Waals surface area contributed by atoms with Crippen molar-refractivity contribution in [2.24, 2.45) is 0 Å². The minimum Gasteiger partial charge on any atom is -0.480 e. The Morgan fingerprint density at radius 3 is 2.47 bits per heavy atom. The average molecular weight is 333 g/mol. The summed E-state index contributed by atoms with van der Waals surface area (Å²) in [6, 6.07) is 2.01. The lowest BCUT2D eigenvalue weighted by atomic mass is 10.1. The molecule has 2 amide bonds. The van der Waals surface area contributed by atoms with Crippen LogP contribution < -0.4 is 10.6 Å². The minimum absolute atomic E-state index is 0.214. The molecule has 0 aliphatic rings. The lowest BCUT2D eigenvalue weighted by Crippen LogP contribution is -2.51. The Morgan fingerprint density at radius 2 is 1.95 bits per heavy atom. The lowest BCUT2D eigenvalue weighted by molar-refractivity contribution is -0.142. The summed E-state index contributed by atoms with van der Waals surface area (Å²) in [5, 5.41) is 13.7. The van der Waals surface area contributed by atoms with E-state index >= 15 is 0 Å². The molecule has 0 radical (unpaired) electrons. The van der Waals surface area contributed by atoms with Gasteiger partial charge in [-0.05, 0) is 54.4 Å². The summed E-state index contributed by atoms with van der Waals surface area (Å²) < 4.78 is 13.4. The van der Waals surface area contributed by atoms with Crippen molar-refractivity contribution in [3.63, 3.8) is 0 Å². The maximum Gasteiger partial charge on any atom is 0.328 e. The monoisotopic (exact) mass is 332 g/mol. The van der Waals surface area contributed by atoms with Crippen LogP contribution in [0.15, 0.2) is 16.6 Å². The number of anilines is 1. The molecule has 1 rings (SSSR count). The fourth-order valence-electron chi connectivity index (χ4n) is 1.27. The third-order valence-electron chi connectivity index (χ3n) is 2.48. The number of rotatable bonds is 3. The van der Waals surface area contributed by atoms with Crippen LogP contribution in [0.2, 0.25) is 0 Å². The smallest absolute Gasteiger partial charge is 0.328 e. The van der Waals surface area contributed by atoms with E-state index in [4.69, 9.17) is 5.11 Å². The fourth-order valence-corrected chi connectivity index (χ4v) is 1.62. The van der Waals surface area contributed by atoms with E-state index < -0.39 is 23.4 Å². The summed E-state index contributed by atoms with van der Waals surface area (Å²) >= 11 is 3.01. The van der Waals surface area contributed by atoms with Gasteiger partial charge in [-0.15, -0.1) is 0 Å². The van der Waals surface area contributed by atoms with E-state index in [9.17, 15) is 14.0 Å². The van der Waals surface area contributed by atoms with E-state index in [1.165, 1.54) is 26.0 Å². The number of nitrogens with one attached hydrogen (secondary N) is 2. The topological polar surface area (TPSA) is 78.4 Å². The third kappa shape index (κ3) is 3.92. The number of carboxylic acids is 1. The number of urea groups is 1. The maximum absolute atomic E-state index is 13.2. The van der Waals surface area contributed by atoms with E-state index in [1.807, 2.05) is 0 Å². The van der Waals surface area contributed by atoms with Gasteiger partial charge in [0, 0.05) is 5.69 Å². The molecular weight excluding hydrogens is 319 g/mol. The van der Waals surface area contributed by atoms with Gasteiger partial charge in [-0.3, -0.25) is 0 Å². The first-order valence-corrected chi connectivity index (χ1v) is 6.21. The normalized spacial score (nSPS) is 11.0. The molecule has 7 heteroatoms. The van der Waals surface area contributed by atoms with Crippen molar-refractivity contribution in [3.05, 3.63) is 28.0 Å². The molecule has 0 aliphatic heterocycles. The van der Waals surface area contributed by atoms with E-state index in [1.54, 1.807) is 6.92 Å². The molecule has 3 N–H and O–H groups in total. The second kappa shape index (κ2) is 5.56. The van der Waals surface area contributed by atoms with Crippen LogP contribution in [0.1, 0.15) is 19.4 Å². The van der Waals surface area contributed by atoms with Gasteiger partial charge in [0.25, 0.3) is 0 Å². The summed E-state index contributed by atoms with van der Waals surface area (Å²) in [5.41, 5.74) is -0.467. The average Bonchev–Trinajstić information content (AvgIpc) is 2.24. The summed E-state index contributed by atoms with van der Waals surface area (Å²) in [5.74, 6) is -1.59. The van der Waals surface area contributed by atoms with Crippen LogP contribution >= 0.6 is 15.9 Å². The number of hydrogen-bond donors (Lipinski definition) is 3. The zero-order chi connectivity index (χ0) is 14.8. The molecule has 0 bridgehead atoms. The first-order valence-electron chi connectivity index (χ1n) is 5.41. The number of hydrogen-bond acceptors (Lipinski definition) is 2. The molecule has 104 valence electrons. The van der Waals surface area contributed by atoms with Crippen molar-refractivity contribution in [1.82, 2.24) is 5.32 Å². The molecule has 0 spiro atoms. The van der Waals surface area contributed by atoms with Crippen molar-refractivity contribution < 1.29 is 19.1 Å². The summed E-state index contributed by atoms with van der Waals surface area (Å²) in [6.07, 6.45) is 0. The van der Waals surface area contributed by atoms with Crippen molar-refractivity contribution in [3.8, 4) is 0 Å². The van der Waals surface area contributed by atoms with Crippen LogP contribution in [0.5, 0.6) is 0 Å². The minimum atomic E-state index is -1.39. The highest BCUT2D eigenvalue weighted by Gasteiger charge is 2.29. The van der Waals surface area contributed by atoms with Gasteiger partial charge >= 0.3 is 12.0 Å². The predicted molar refractivity (Wildman–Crippen MR) is 72.7 cm³/mol. The largest absolute Gasteiger partial charge is 0.480 e. The highest BCUT2D eigenvalue weighted by molar-refractivity contribution is 9.10. The molecular formula is C12H14BrFN2O3. The number of carboxylic acid groups (broad SMARTS) is 1. The number of aryl methyl sites for hydroxylation is 1. The molecule has 5 nitrogen and oxygen atoms in total. The Morgan fingerprint density at radius 1 is 1.37 bits per heavy atom. The van der Waals surface area contributed by atoms with Crippen molar-refractivity contribution in [1.29, 1.82) is 0 Å². The van der Waals surface area contributed by atoms with E-state index in [0.717, 1.165) is 0 Å². The maximum atomic E-state index is 13.2. The quantitative estimate of drug-likeness (QED) is 0.796. The SMILES string of the molecule is Cc1cc(F)c(Br)cc1NC(=O)NC(C)(C)C(=O)O. The van der Waals surface area contributed by atoms with Crippen LogP contribution in [0.4, 0.5) is 14.9 Å². The second-order valence-corrected chi connectivity index (χ2v) is 5.44. The highest BCUT2D eigenvalue weighted by Crippen LogP contribution is 2.24. The van der Waals surface area contributed by atoms with Crippen LogP contribution in [0, 0.1) is 12.7 Å². The van der Waals surface area contributed by atoms with E-state index in [2.05, 4.69) is 26.6 Å². The molecule has 0 fully saturated rings. The molecule has 0 aliphatic carbocycles. The van der Waals surface area contributed by atoms with Gasteiger partial charge in [0.1, 0.15) is 11.4 Å². The third-order valence-corrected chi connectivity index (χ3v) is 3.08. The second-order valence-electron chi connectivity index (χ2n) is 4.59. The summed E-state index contributed by atoms with van der Waals surface area (Å²) in [6.45, 7) is 4.36. The number of halogens is 2. The van der Waals surface area contributed by atoms with Gasteiger partial charge in [-0.25, -0.2) is 14.0 Å². The number of aliphatic carboxylic acids is 1. The molecule has 0 saturated heterocycles. The zero-order valence-corrected chi connectivity index (χ0v) is 12.3. The Kier molecular flexibility index (Phi) is 4.52. The van der Waals surface area contributed by atoms with Gasteiger partial charge in [0.2, 0.25) is 0 Å². The number of carbonyl (C=O) groups is 2. The highest BCUT2D eigenvalue weighted by atomic mass is 79.9. The predicted octanol–water partition coefficient (Wildman–Crippen LogP) is 2.88. The van der Waals surface area contributed by atoms with Gasteiger partial charge in [0.15, 0.2) is 0 Å². The fraction of sp³-hybridized carbons (Fsp3) is 0.333. The zero-order valence-electron chi connectivity index (χ0n) is 10.7.